The molecule has 0 saturated carbocycles. The number of carbonyl (C=O) groups is 2. The third-order valence-electron chi connectivity index (χ3n) is 4.16. The number of hydrazine groups is 1. The Balaban J connectivity index is 1.67. The van der Waals surface area contributed by atoms with Gasteiger partial charge in [-0.05, 0) is 32.0 Å². The zero-order valence-electron chi connectivity index (χ0n) is 16.0. The van der Waals surface area contributed by atoms with Crippen molar-refractivity contribution in [2.24, 2.45) is 0 Å². The van der Waals surface area contributed by atoms with Crippen molar-refractivity contribution >= 4 is 22.8 Å². The van der Waals surface area contributed by atoms with E-state index >= 15 is 0 Å². The van der Waals surface area contributed by atoms with Gasteiger partial charge in [0.1, 0.15) is 5.58 Å². The summed E-state index contributed by atoms with van der Waals surface area (Å²) >= 11 is 0. The molecule has 2 amide bonds. The van der Waals surface area contributed by atoms with E-state index in [0.29, 0.717) is 17.8 Å². The van der Waals surface area contributed by atoms with Crippen molar-refractivity contribution in [1.82, 2.24) is 10.9 Å². The molecule has 0 aliphatic carbocycles. The summed E-state index contributed by atoms with van der Waals surface area (Å²) < 4.78 is 30.0. The number of ether oxygens (including phenoxy) is 2. The van der Waals surface area contributed by atoms with Crippen LogP contribution in [0.3, 0.4) is 0 Å². The SMILES string of the molecule is CCOCc1c(C(=O)NNC(=O)[C@H](C)Oc2ccccc2F)oc2ccccc12. The van der Waals surface area contributed by atoms with Gasteiger partial charge in [-0.15, -0.1) is 0 Å². The molecule has 0 spiro atoms. The normalized spacial score (nSPS) is 11.8. The molecule has 1 aromatic heterocycles. The van der Waals surface area contributed by atoms with Crippen LogP contribution in [0.25, 0.3) is 11.0 Å². The van der Waals surface area contributed by atoms with Crippen molar-refractivity contribution in [3.05, 3.63) is 65.7 Å². The molecule has 0 bridgehead atoms. The fourth-order valence-corrected chi connectivity index (χ4v) is 2.69. The highest BCUT2D eigenvalue weighted by Gasteiger charge is 2.22. The van der Waals surface area contributed by atoms with Gasteiger partial charge in [0, 0.05) is 17.6 Å². The summed E-state index contributed by atoms with van der Waals surface area (Å²) in [5.74, 6) is -1.88. The van der Waals surface area contributed by atoms with E-state index in [1.54, 1.807) is 18.2 Å². The Morgan fingerprint density at radius 3 is 2.59 bits per heavy atom. The average Bonchev–Trinajstić information content (AvgIpc) is 3.10. The largest absolute Gasteiger partial charge is 0.478 e. The smallest absolute Gasteiger partial charge is 0.305 e. The van der Waals surface area contributed by atoms with Crippen molar-refractivity contribution in [3.8, 4) is 5.75 Å². The average molecular weight is 400 g/mol. The maximum atomic E-state index is 13.6. The molecule has 152 valence electrons. The van der Waals surface area contributed by atoms with Crippen LogP contribution in [0, 0.1) is 5.82 Å². The van der Waals surface area contributed by atoms with Crippen molar-refractivity contribution in [3.63, 3.8) is 0 Å². The van der Waals surface area contributed by atoms with Crippen LogP contribution >= 0.6 is 0 Å². The molecule has 3 aromatic rings. The monoisotopic (exact) mass is 400 g/mol. The Morgan fingerprint density at radius 2 is 1.83 bits per heavy atom. The van der Waals surface area contributed by atoms with Crippen molar-refractivity contribution < 1.29 is 27.9 Å². The van der Waals surface area contributed by atoms with Crippen LogP contribution in [0.4, 0.5) is 4.39 Å². The van der Waals surface area contributed by atoms with Gasteiger partial charge in [-0.3, -0.25) is 20.4 Å². The molecule has 8 heteroatoms. The van der Waals surface area contributed by atoms with E-state index in [4.69, 9.17) is 13.9 Å². The van der Waals surface area contributed by atoms with Crippen LogP contribution in [-0.4, -0.2) is 24.5 Å². The second-order valence-electron chi connectivity index (χ2n) is 6.18. The molecule has 0 radical (unpaired) electrons. The molecule has 2 aromatic carbocycles. The third-order valence-corrected chi connectivity index (χ3v) is 4.16. The molecule has 0 saturated heterocycles. The minimum Gasteiger partial charge on any atom is -0.478 e. The molecule has 1 heterocycles. The standard InChI is InChI=1S/C21H21FN2O5/c1-3-27-12-15-14-8-4-6-10-17(14)29-19(15)21(26)24-23-20(25)13(2)28-18-11-7-5-9-16(18)22/h4-11,13H,3,12H2,1-2H3,(H,23,25)(H,24,26)/t13-/m0/s1. The lowest BCUT2D eigenvalue weighted by Gasteiger charge is -2.15. The van der Waals surface area contributed by atoms with Crippen molar-refractivity contribution in [1.29, 1.82) is 0 Å². The van der Waals surface area contributed by atoms with E-state index in [-0.39, 0.29) is 18.1 Å². The summed E-state index contributed by atoms with van der Waals surface area (Å²) in [6, 6.07) is 12.9. The van der Waals surface area contributed by atoms with E-state index < -0.39 is 23.7 Å². The van der Waals surface area contributed by atoms with Crippen LogP contribution in [0.15, 0.2) is 52.9 Å². The number of benzene rings is 2. The summed E-state index contributed by atoms with van der Waals surface area (Å²) in [6.45, 7) is 3.95. The molecular formula is C21H21FN2O5. The first-order valence-electron chi connectivity index (χ1n) is 9.10. The van der Waals surface area contributed by atoms with E-state index in [1.807, 2.05) is 19.1 Å². The quantitative estimate of drug-likeness (QED) is 0.594. The highest BCUT2D eigenvalue weighted by molar-refractivity contribution is 5.99. The topological polar surface area (TPSA) is 89.8 Å². The molecule has 0 aliphatic rings. The summed E-state index contributed by atoms with van der Waals surface area (Å²) in [5.41, 5.74) is 5.68. The molecular weight excluding hydrogens is 379 g/mol. The van der Waals surface area contributed by atoms with Gasteiger partial charge in [0.15, 0.2) is 23.4 Å². The molecule has 3 rings (SSSR count). The molecule has 2 N–H and O–H groups in total. The summed E-state index contributed by atoms with van der Waals surface area (Å²) in [6.07, 6.45) is -1.04. The lowest BCUT2D eigenvalue weighted by atomic mass is 10.1. The molecule has 0 fully saturated rings. The predicted octanol–water partition coefficient (Wildman–Crippen LogP) is 3.34. The number of halogens is 1. The predicted molar refractivity (Wildman–Crippen MR) is 104 cm³/mol. The van der Waals surface area contributed by atoms with Crippen LogP contribution in [0.5, 0.6) is 5.75 Å². The first-order chi connectivity index (χ1) is 14.0. The third kappa shape index (κ3) is 4.72. The Bertz CT molecular complexity index is 1020. The summed E-state index contributed by atoms with van der Waals surface area (Å²) in [4.78, 5) is 24.8. The number of fused-ring (bicyclic) bond motifs is 1. The minimum atomic E-state index is -1.04. The lowest BCUT2D eigenvalue weighted by molar-refractivity contribution is -0.128. The number of carbonyl (C=O) groups excluding carboxylic acids is 2. The maximum absolute atomic E-state index is 13.6. The van der Waals surface area contributed by atoms with Crippen LogP contribution in [-0.2, 0) is 16.1 Å². The number of rotatable bonds is 7. The first-order valence-corrected chi connectivity index (χ1v) is 9.10. The Morgan fingerprint density at radius 1 is 1.10 bits per heavy atom. The van der Waals surface area contributed by atoms with Gasteiger partial charge in [0.05, 0.1) is 6.61 Å². The van der Waals surface area contributed by atoms with Gasteiger partial charge in [-0.25, -0.2) is 4.39 Å². The Hall–Kier alpha value is -3.39. The van der Waals surface area contributed by atoms with Gasteiger partial charge in [-0.1, -0.05) is 30.3 Å². The Kier molecular flexibility index (Phi) is 6.46. The lowest BCUT2D eigenvalue weighted by Crippen LogP contribution is -2.47. The van der Waals surface area contributed by atoms with E-state index in [9.17, 15) is 14.0 Å². The molecule has 1 atom stereocenters. The van der Waals surface area contributed by atoms with Gasteiger partial charge >= 0.3 is 5.91 Å². The van der Waals surface area contributed by atoms with Crippen LogP contribution in [0.2, 0.25) is 0 Å². The number of hydrogen-bond donors (Lipinski definition) is 2. The van der Waals surface area contributed by atoms with Gasteiger partial charge in [-0.2, -0.15) is 0 Å². The summed E-state index contributed by atoms with van der Waals surface area (Å²) in [7, 11) is 0. The van der Waals surface area contributed by atoms with Crippen molar-refractivity contribution in [2.75, 3.05) is 6.61 Å². The zero-order chi connectivity index (χ0) is 20.8. The van der Waals surface area contributed by atoms with E-state index in [2.05, 4.69) is 10.9 Å². The van der Waals surface area contributed by atoms with Gasteiger partial charge in [0.2, 0.25) is 0 Å². The second-order valence-corrected chi connectivity index (χ2v) is 6.18. The first kappa shape index (κ1) is 20.3. The number of amides is 2. The Labute approximate surface area is 166 Å². The van der Waals surface area contributed by atoms with Crippen LogP contribution in [0.1, 0.15) is 30.0 Å². The molecule has 0 unspecified atom stereocenters. The number of nitrogens with one attached hydrogen (secondary N) is 2. The highest BCUT2D eigenvalue weighted by atomic mass is 19.1. The summed E-state index contributed by atoms with van der Waals surface area (Å²) in [5, 5.41) is 0.758. The number of hydrogen-bond acceptors (Lipinski definition) is 5. The maximum Gasteiger partial charge on any atom is 0.305 e. The van der Waals surface area contributed by atoms with Crippen molar-refractivity contribution in [2.45, 2.75) is 26.6 Å². The minimum absolute atomic E-state index is 0.0441. The van der Waals surface area contributed by atoms with E-state index in [1.165, 1.54) is 25.1 Å². The number of para-hydroxylation sites is 2. The molecule has 7 nitrogen and oxygen atoms in total. The van der Waals surface area contributed by atoms with Gasteiger partial charge < -0.3 is 13.9 Å². The fraction of sp³-hybridized carbons (Fsp3) is 0.238. The zero-order valence-corrected chi connectivity index (χ0v) is 16.0. The second kappa shape index (κ2) is 9.20. The number of furan rings is 1. The highest BCUT2D eigenvalue weighted by Crippen LogP contribution is 2.26. The van der Waals surface area contributed by atoms with Gasteiger partial charge in [0.25, 0.3) is 5.91 Å². The fourth-order valence-electron chi connectivity index (χ4n) is 2.69. The van der Waals surface area contributed by atoms with Crippen LogP contribution < -0.4 is 15.6 Å². The molecule has 0 aliphatic heterocycles. The van der Waals surface area contributed by atoms with E-state index in [0.717, 1.165) is 5.39 Å². The molecule has 29 heavy (non-hydrogen) atoms.